The summed E-state index contributed by atoms with van der Waals surface area (Å²) < 4.78 is 33.5. The minimum absolute atomic E-state index is 0.125. The molecular weight excluding hydrogens is 386 g/mol. The molecule has 0 saturated carbocycles. The zero-order valence-corrected chi connectivity index (χ0v) is 16.3. The number of halogens is 3. The van der Waals surface area contributed by atoms with E-state index in [1.807, 2.05) is 6.92 Å². The predicted octanol–water partition coefficient (Wildman–Crippen LogP) is 4.85. The van der Waals surface area contributed by atoms with E-state index in [0.717, 1.165) is 6.20 Å². The van der Waals surface area contributed by atoms with Gasteiger partial charge in [0.05, 0.1) is 18.3 Å². The van der Waals surface area contributed by atoms with E-state index >= 15 is 0 Å². The Hall–Kier alpha value is -2.51. The third-order valence-corrected chi connectivity index (χ3v) is 4.50. The van der Waals surface area contributed by atoms with E-state index in [9.17, 15) is 8.78 Å². The molecule has 1 aromatic carbocycles. The number of aromatic nitrogens is 2. The van der Waals surface area contributed by atoms with Crippen molar-refractivity contribution >= 4 is 28.3 Å². The van der Waals surface area contributed by atoms with Crippen molar-refractivity contribution in [2.24, 2.45) is 5.73 Å². The van der Waals surface area contributed by atoms with Crippen LogP contribution in [-0.2, 0) is 0 Å². The molecule has 2 atom stereocenters. The lowest BCUT2D eigenvalue weighted by atomic mass is 10.1. The van der Waals surface area contributed by atoms with Crippen molar-refractivity contribution in [1.82, 2.24) is 9.97 Å². The van der Waals surface area contributed by atoms with E-state index in [0.29, 0.717) is 35.4 Å². The van der Waals surface area contributed by atoms with Crippen molar-refractivity contribution in [2.75, 3.05) is 11.9 Å². The van der Waals surface area contributed by atoms with Gasteiger partial charge in [0, 0.05) is 24.1 Å². The second kappa shape index (κ2) is 8.67. The molecule has 2 heterocycles. The highest BCUT2D eigenvalue weighted by molar-refractivity contribution is 6.29. The first-order valence-electron chi connectivity index (χ1n) is 8.90. The number of benzene rings is 1. The standard InChI is InChI=1S/C20H21ClF2N4O/c1-11(7-8-28-17-5-3-13(22)9-14(17)12(2)24)26-19-15(23)10-25-16-4-6-18(21)27-20(16)19/h3-6,9-12H,7-8,24H2,1-2H3,(H,25,26). The second-order valence-corrected chi connectivity index (χ2v) is 7.02. The van der Waals surface area contributed by atoms with Crippen molar-refractivity contribution in [2.45, 2.75) is 32.4 Å². The Morgan fingerprint density at radius 3 is 2.75 bits per heavy atom. The van der Waals surface area contributed by atoms with Crippen LogP contribution >= 0.6 is 11.6 Å². The Morgan fingerprint density at radius 1 is 1.21 bits per heavy atom. The number of pyridine rings is 2. The summed E-state index contributed by atoms with van der Waals surface area (Å²) in [6.45, 7) is 4.01. The van der Waals surface area contributed by atoms with Crippen molar-refractivity contribution in [1.29, 1.82) is 0 Å². The number of anilines is 1. The number of fused-ring (bicyclic) bond motifs is 1. The summed E-state index contributed by atoms with van der Waals surface area (Å²) in [6.07, 6.45) is 1.72. The first kappa shape index (κ1) is 20.2. The van der Waals surface area contributed by atoms with E-state index in [4.69, 9.17) is 22.1 Å². The Morgan fingerprint density at radius 2 is 2.00 bits per heavy atom. The van der Waals surface area contributed by atoms with Gasteiger partial charge in [-0.05, 0) is 44.2 Å². The first-order valence-corrected chi connectivity index (χ1v) is 9.28. The minimum Gasteiger partial charge on any atom is -0.493 e. The second-order valence-electron chi connectivity index (χ2n) is 6.64. The molecule has 148 valence electrons. The van der Waals surface area contributed by atoms with Crippen LogP contribution in [0.25, 0.3) is 11.0 Å². The molecule has 3 rings (SSSR count). The van der Waals surface area contributed by atoms with Gasteiger partial charge in [0.1, 0.15) is 27.9 Å². The molecule has 0 fully saturated rings. The van der Waals surface area contributed by atoms with Gasteiger partial charge in [0.15, 0.2) is 5.82 Å². The van der Waals surface area contributed by atoms with Crippen molar-refractivity contribution in [3.63, 3.8) is 0 Å². The fraction of sp³-hybridized carbons (Fsp3) is 0.300. The zero-order valence-electron chi connectivity index (χ0n) is 15.5. The number of nitrogens with zero attached hydrogens (tertiary/aromatic N) is 2. The van der Waals surface area contributed by atoms with Crippen LogP contribution in [-0.4, -0.2) is 22.6 Å². The minimum atomic E-state index is -0.507. The summed E-state index contributed by atoms with van der Waals surface area (Å²) in [4.78, 5) is 8.20. The van der Waals surface area contributed by atoms with Gasteiger partial charge in [-0.3, -0.25) is 4.98 Å². The first-order chi connectivity index (χ1) is 13.3. The summed E-state index contributed by atoms with van der Waals surface area (Å²) in [5.41, 5.74) is 7.64. The van der Waals surface area contributed by atoms with Gasteiger partial charge in [0.2, 0.25) is 0 Å². The van der Waals surface area contributed by atoms with Crippen LogP contribution in [0.15, 0.2) is 36.5 Å². The molecule has 0 saturated heterocycles. The Balaban J connectivity index is 1.67. The lowest BCUT2D eigenvalue weighted by Gasteiger charge is -2.18. The quantitative estimate of drug-likeness (QED) is 0.549. The van der Waals surface area contributed by atoms with E-state index in [-0.39, 0.29) is 28.7 Å². The molecule has 0 spiro atoms. The molecule has 3 aromatic rings. The highest BCUT2D eigenvalue weighted by atomic mass is 35.5. The molecule has 0 radical (unpaired) electrons. The molecule has 2 aromatic heterocycles. The van der Waals surface area contributed by atoms with Gasteiger partial charge < -0.3 is 15.8 Å². The Kier molecular flexibility index (Phi) is 6.26. The molecular formula is C20H21ClF2N4O. The van der Waals surface area contributed by atoms with Crippen LogP contribution in [0.5, 0.6) is 5.75 Å². The highest BCUT2D eigenvalue weighted by Gasteiger charge is 2.14. The normalized spacial score (nSPS) is 13.4. The van der Waals surface area contributed by atoms with Crippen LogP contribution in [0.4, 0.5) is 14.5 Å². The largest absolute Gasteiger partial charge is 0.493 e. The number of nitrogens with two attached hydrogens (primary N) is 1. The molecule has 0 aliphatic carbocycles. The Labute approximate surface area is 166 Å². The molecule has 28 heavy (non-hydrogen) atoms. The average Bonchev–Trinajstić information content (AvgIpc) is 2.65. The van der Waals surface area contributed by atoms with Gasteiger partial charge in [-0.2, -0.15) is 0 Å². The average molecular weight is 407 g/mol. The maximum absolute atomic E-state index is 14.3. The number of hydrogen-bond donors (Lipinski definition) is 2. The third kappa shape index (κ3) is 4.66. The monoisotopic (exact) mass is 406 g/mol. The molecule has 0 aliphatic rings. The van der Waals surface area contributed by atoms with Crippen LogP contribution < -0.4 is 15.8 Å². The number of nitrogens with one attached hydrogen (secondary N) is 1. The summed E-state index contributed by atoms with van der Waals surface area (Å²) >= 11 is 5.94. The van der Waals surface area contributed by atoms with Crippen LogP contribution in [0.2, 0.25) is 5.15 Å². The van der Waals surface area contributed by atoms with E-state index < -0.39 is 5.82 Å². The molecule has 5 nitrogen and oxygen atoms in total. The van der Waals surface area contributed by atoms with Gasteiger partial charge in [0.25, 0.3) is 0 Å². The van der Waals surface area contributed by atoms with Gasteiger partial charge in [-0.1, -0.05) is 11.6 Å². The molecule has 2 unspecified atom stereocenters. The molecule has 0 bridgehead atoms. The molecule has 3 N–H and O–H groups in total. The van der Waals surface area contributed by atoms with E-state index in [1.54, 1.807) is 25.1 Å². The van der Waals surface area contributed by atoms with Gasteiger partial charge >= 0.3 is 0 Å². The number of ether oxygens (including phenoxy) is 1. The van der Waals surface area contributed by atoms with Gasteiger partial charge in [-0.15, -0.1) is 0 Å². The maximum atomic E-state index is 14.3. The number of hydrogen-bond acceptors (Lipinski definition) is 5. The molecule has 0 aliphatic heterocycles. The summed E-state index contributed by atoms with van der Waals surface area (Å²) in [5, 5.41) is 3.37. The lowest BCUT2D eigenvalue weighted by Crippen LogP contribution is -2.20. The Bertz CT molecular complexity index is 979. The fourth-order valence-corrected chi connectivity index (χ4v) is 2.98. The summed E-state index contributed by atoms with van der Waals surface area (Å²) in [5.74, 6) is -0.328. The van der Waals surface area contributed by atoms with Crippen LogP contribution in [0, 0.1) is 11.6 Å². The SMILES string of the molecule is CC(CCOc1ccc(F)cc1C(C)N)Nc1c(F)cnc2ccc(Cl)nc12. The van der Waals surface area contributed by atoms with Crippen molar-refractivity contribution < 1.29 is 13.5 Å². The third-order valence-electron chi connectivity index (χ3n) is 4.29. The highest BCUT2D eigenvalue weighted by Crippen LogP contribution is 2.27. The van der Waals surface area contributed by atoms with Crippen LogP contribution in [0.3, 0.4) is 0 Å². The zero-order chi connectivity index (χ0) is 20.3. The number of rotatable bonds is 7. The maximum Gasteiger partial charge on any atom is 0.166 e. The van der Waals surface area contributed by atoms with Crippen molar-refractivity contribution in [3.8, 4) is 5.75 Å². The van der Waals surface area contributed by atoms with Gasteiger partial charge in [-0.25, -0.2) is 13.8 Å². The predicted molar refractivity (Wildman–Crippen MR) is 107 cm³/mol. The van der Waals surface area contributed by atoms with Crippen molar-refractivity contribution in [3.05, 3.63) is 58.9 Å². The summed E-state index contributed by atoms with van der Waals surface area (Å²) in [6, 6.07) is 7.08. The summed E-state index contributed by atoms with van der Waals surface area (Å²) in [7, 11) is 0. The van der Waals surface area contributed by atoms with E-state index in [2.05, 4.69) is 15.3 Å². The molecule has 0 amide bonds. The lowest BCUT2D eigenvalue weighted by molar-refractivity contribution is 0.299. The molecule has 8 heteroatoms. The topological polar surface area (TPSA) is 73.1 Å². The fourth-order valence-electron chi connectivity index (χ4n) is 2.83. The smallest absolute Gasteiger partial charge is 0.166 e. The van der Waals surface area contributed by atoms with E-state index in [1.165, 1.54) is 12.1 Å². The van der Waals surface area contributed by atoms with Crippen LogP contribution in [0.1, 0.15) is 31.9 Å².